The van der Waals surface area contributed by atoms with Gasteiger partial charge in [-0.1, -0.05) is 18.2 Å². The van der Waals surface area contributed by atoms with Crippen LogP contribution in [0.15, 0.2) is 42.6 Å². The third-order valence-electron chi connectivity index (χ3n) is 4.02. The number of urea groups is 1. The van der Waals surface area contributed by atoms with Crippen LogP contribution in [0.3, 0.4) is 0 Å². The maximum Gasteiger partial charge on any atom is 0.320 e. The number of ether oxygens (including phenoxy) is 1. The molecule has 3 N–H and O–H groups in total. The number of hydrogen-bond donors (Lipinski definition) is 3. The lowest BCUT2D eigenvalue weighted by Gasteiger charge is -2.11. The Morgan fingerprint density at radius 1 is 1.19 bits per heavy atom. The van der Waals surface area contributed by atoms with Crippen molar-refractivity contribution in [2.75, 3.05) is 39.6 Å². The maximum atomic E-state index is 11.9. The Morgan fingerprint density at radius 2 is 2.00 bits per heavy atom. The van der Waals surface area contributed by atoms with Gasteiger partial charge in [0.1, 0.15) is 17.2 Å². The molecule has 0 aliphatic heterocycles. The van der Waals surface area contributed by atoms with Crippen molar-refractivity contribution in [2.45, 2.75) is 0 Å². The molecule has 0 aliphatic rings. The molecule has 7 heteroatoms. The van der Waals surface area contributed by atoms with Gasteiger partial charge in [-0.05, 0) is 32.3 Å². The van der Waals surface area contributed by atoms with E-state index >= 15 is 0 Å². The number of H-pyrrole nitrogens is 1. The SMILES string of the molecule is COc1ccccc1-c1c[nH]c2nc(NC(=O)NCCN(C)C)ccc12. The van der Waals surface area contributed by atoms with E-state index in [9.17, 15) is 4.79 Å². The lowest BCUT2D eigenvalue weighted by Crippen LogP contribution is -2.34. The summed E-state index contributed by atoms with van der Waals surface area (Å²) >= 11 is 0. The summed E-state index contributed by atoms with van der Waals surface area (Å²) in [6, 6.07) is 11.3. The summed E-state index contributed by atoms with van der Waals surface area (Å²) in [6.07, 6.45) is 1.90. The highest BCUT2D eigenvalue weighted by Crippen LogP contribution is 2.34. The van der Waals surface area contributed by atoms with Crippen molar-refractivity contribution >= 4 is 22.9 Å². The van der Waals surface area contributed by atoms with E-state index in [1.54, 1.807) is 13.2 Å². The summed E-state index contributed by atoms with van der Waals surface area (Å²) < 4.78 is 5.45. The summed E-state index contributed by atoms with van der Waals surface area (Å²) in [5.41, 5.74) is 2.70. The van der Waals surface area contributed by atoms with Gasteiger partial charge in [0.05, 0.1) is 7.11 Å². The van der Waals surface area contributed by atoms with Crippen LogP contribution in [0.5, 0.6) is 5.75 Å². The van der Waals surface area contributed by atoms with E-state index in [0.29, 0.717) is 18.0 Å². The van der Waals surface area contributed by atoms with Crippen molar-refractivity contribution in [1.82, 2.24) is 20.2 Å². The predicted molar refractivity (Wildman–Crippen MR) is 104 cm³/mol. The molecule has 26 heavy (non-hydrogen) atoms. The number of nitrogens with one attached hydrogen (secondary N) is 3. The lowest BCUT2D eigenvalue weighted by molar-refractivity contribution is 0.250. The van der Waals surface area contributed by atoms with Gasteiger partial charge in [-0.25, -0.2) is 9.78 Å². The first kappa shape index (κ1) is 17.8. The molecule has 0 atom stereocenters. The highest BCUT2D eigenvalue weighted by Gasteiger charge is 2.12. The van der Waals surface area contributed by atoms with E-state index in [2.05, 4.69) is 20.6 Å². The van der Waals surface area contributed by atoms with E-state index in [0.717, 1.165) is 28.8 Å². The number of carbonyl (C=O) groups excluding carboxylic acids is 1. The van der Waals surface area contributed by atoms with Crippen molar-refractivity contribution in [3.05, 3.63) is 42.6 Å². The lowest BCUT2D eigenvalue weighted by atomic mass is 10.0. The summed E-state index contributed by atoms with van der Waals surface area (Å²) in [4.78, 5) is 21.6. The molecule has 0 spiro atoms. The second-order valence-corrected chi connectivity index (χ2v) is 6.18. The molecule has 0 bridgehead atoms. The van der Waals surface area contributed by atoms with Crippen molar-refractivity contribution in [1.29, 1.82) is 0 Å². The van der Waals surface area contributed by atoms with Crippen LogP contribution in [0.4, 0.5) is 10.6 Å². The molecular formula is C19H23N5O2. The van der Waals surface area contributed by atoms with Crippen LogP contribution in [0.1, 0.15) is 0 Å². The molecule has 3 rings (SSSR count). The number of amides is 2. The van der Waals surface area contributed by atoms with Gasteiger partial charge < -0.3 is 19.9 Å². The molecule has 2 aromatic heterocycles. The highest BCUT2D eigenvalue weighted by molar-refractivity contribution is 5.97. The molecular weight excluding hydrogens is 330 g/mol. The standard InChI is InChI=1S/C19H23N5O2/c1-24(2)11-10-20-19(25)23-17-9-8-14-15(12-21-18(14)22-17)13-6-4-5-7-16(13)26-3/h4-9,12H,10-11H2,1-3H3,(H3,20,21,22,23,25). The number of benzene rings is 1. The molecule has 2 amide bonds. The Morgan fingerprint density at radius 3 is 2.77 bits per heavy atom. The van der Waals surface area contributed by atoms with E-state index in [-0.39, 0.29) is 6.03 Å². The van der Waals surface area contributed by atoms with Crippen molar-refractivity contribution in [2.24, 2.45) is 0 Å². The smallest absolute Gasteiger partial charge is 0.320 e. The number of nitrogens with zero attached hydrogens (tertiary/aromatic N) is 2. The minimum Gasteiger partial charge on any atom is -0.496 e. The van der Waals surface area contributed by atoms with E-state index in [4.69, 9.17) is 4.74 Å². The van der Waals surface area contributed by atoms with Gasteiger partial charge in [-0.15, -0.1) is 0 Å². The number of methoxy groups -OCH3 is 1. The molecule has 136 valence electrons. The first-order valence-electron chi connectivity index (χ1n) is 8.39. The van der Waals surface area contributed by atoms with Gasteiger partial charge in [0.2, 0.25) is 0 Å². The summed E-state index contributed by atoms with van der Waals surface area (Å²) in [5.74, 6) is 1.30. The van der Waals surface area contributed by atoms with Crippen LogP contribution in [-0.2, 0) is 0 Å². The molecule has 0 fully saturated rings. The number of aromatic amines is 1. The number of anilines is 1. The van der Waals surface area contributed by atoms with Crippen LogP contribution in [0.25, 0.3) is 22.2 Å². The number of aromatic nitrogens is 2. The monoisotopic (exact) mass is 353 g/mol. The second-order valence-electron chi connectivity index (χ2n) is 6.18. The minimum absolute atomic E-state index is 0.268. The van der Waals surface area contributed by atoms with Gasteiger partial charge in [0.15, 0.2) is 0 Å². The molecule has 0 unspecified atom stereocenters. The molecule has 2 heterocycles. The van der Waals surface area contributed by atoms with Crippen LogP contribution in [0.2, 0.25) is 0 Å². The fourth-order valence-electron chi connectivity index (χ4n) is 2.72. The number of rotatable bonds is 6. The molecule has 0 saturated heterocycles. The van der Waals surface area contributed by atoms with Gasteiger partial charge in [0.25, 0.3) is 0 Å². The minimum atomic E-state index is -0.268. The Kier molecular flexibility index (Phi) is 5.38. The maximum absolute atomic E-state index is 11.9. The van der Waals surface area contributed by atoms with Crippen molar-refractivity contribution in [3.63, 3.8) is 0 Å². The van der Waals surface area contributed by atoms with Crippen LogP contribution >= 0.6 is 0 Å². The van der Waals surface area contributed by atoms with Gasteiger partial charge >= 0.3 is 6.03 Å². The number of fused-ring (bicyclic) bond motifs is 1. The summed E-state index contributed by atoms with van der Waals surface area (Å²) in [5, 5.41) is 6.52. The van der Waals surface area contributed by atoms with E-state index in [1.165, 1.54) is 0 Å². The average molecular weight is 353 g/mol. The Hall–Kier alpha value is -3.06. The molecule has 0 saturated carbocycles. The fourth-order valence-corrected chi connectivity index (χ4v) is 2.72. The van der Waals surface area contributed by atoms with E-state index in [1.807, 2.05) is 55.5 Å². The molecule has 0 aliphatic carbocycles. The molecule has 0 radical (unpaired) electrons. The largest absolute Gasteiger partial charge is 0.496 e. The highest BCUT2D eigenvalue weighted by atomic mass is 16.5. The topological polar surface area (TPSA) is 82.3 Å². The Balaban J connectivity index is 1.78. The first-order valence-corrected chi connectivity index (χ1v) is 8.39. The number of carbonyl (C=O) groups is 1. The number of hydrogen-bond acceptors (Lipinski definition) is 4. The third-order valence-corrected chi connectivity index (χ3v) is 4.02. The predicted octanol–water partition coefficient (Wildman–Crippen LogP) is 2.92. The molecule has 1 aromatic carbocycles. The van der Waals surface area contributed by atoms with Gasteiger partial charge in [-0.3, -0.25) is 5.32 Å². The van der Waals surface area contributed by atoms with Crippen LogP contribution < -0.4 is 15.4 Å². The number of para-hydroxylation sites is 1. The van der Waals surface area contributed by atoms with Gasteiger partial charge in [-0.2, -0.15) is 0 Å². The van der Waals surface area contributed by atoms with Crippen LogP contribution in [0, 0.1) is 0 Å². The second kappa shape index (κ2) is 7.88. The molecule has 7 nitrogen and oxygen atoms in total. The number of pyridine rings is 1. The van der Waals surface area contributed by atoms with E-state index < -0.39 is 0 Å². The van der Waals surface area contributed by atoms with Gasteiger partial charge in [0, 0.05) is 35.8 Å². The quantitative estimate of drug-likeness (QED) is 0.636. The summed E-state index contributed by atoms with van der Waals surface area (Å²) in [6.45, 7) is 1.35. The van der Waals surface area contributed by atoms with Crippen molar-refractivity contribution < 1.29 is 9.53 Å². The summed E-state index contributed by atoms with van der Waals surface area (Å²) in [7, 11) is 5.57. The Bertz CT molecular complexity index is 904. The first-order chi connectivity index (χ1) is 12.6. The molecule has 3 aromatic rings. The normalized spacial score (nSPS) is 10.9. The average Bonchev–Trinajstić information content (AvgIpc) is 3.04. The van der Waals surface area contributed by atoms with Crippen LogP contribution in [-0.4, -0.2) is 55.2 Å². The Labute approximate surface area is 152 Å². The third kappa shape index (κ3) is 3.94. The number of likely N-dealkylation sites (N-methyl/N-ethyl adjacent to an activating group) is 1. The van der Waals surface area contributed by atoms with Crippen molar-refractivity contribution in [3.8, 4) is 16.9 Å². The zero-order valence-corrected chi connectivity index (χ0v) is 15.2. The zero-order chi connectivity index (χ0) is 18.5. The fraction of sp³-hybridized carbons (Fsp3) is 0.263. The zero-order valence-electron chi connectivity index (χ0n) is 15.2.